The van der Waals surface area contributed by atoms with Crippen molar-refractivity contribution in [2.75, 3.05) is 18.5 Å². The number of rotatable bonds is 6. The van der Waals surface area contributed by atoms with E-state index in [-0.39, 0.29) is 11.9 Å². The zero-order valence-electron chi connectivity index (χ0n) is 15.4. The average Bonchev–Trinajstić information content (AvgIpc) is 3.06. The summed E-state index contributed by atoms with van der Waals surface area (Å²) in [6, 6.07) is 2.37. The highest BCUT2D eigenvalue weighted by Crippen LogP contribution is 2.29. The van der Waals surface area contributed by atoms with Crippen LogP contribution in [0.5, 0.6) is 0 Å². The van der Waals surface area contributed by atoms with Crippen LogP contribution in [0.4, 0.5) is 5.82 Å². The van der Waals surface area contributed by atoms with Gasteiger partial charge in [-0.1, -0.05) is 6.92 Å². The molecule has 26 heavy (non-hydrogen) atoms. The number of aromatic nitrogens is 3. The second-order valence-corrected chi connectivity index (χ2v) is 6.72. The minimum absolute atomic E-state index is 0.210. The Bertz CT molecular complexity index is 815. The van der Waals surface area contributed by atoms with Crippen LogP contribution in [0.3, 0.4) is 0 Å². The highest BCUT2D eigenvalue weighted by Gasteiger charge is 2.23. The zero-order chi connectivity index (χ0) is 18.5. The van der Waals surface area contributed by atoms with Crippen molar-refractivity contribution in [1.82, 2.24) is 14.6 Å². The van der Waals surface area contributed by atoms with E-state index in [0.29, 0.717) is 24.5 Å². The summed E-state index contributed by atoms with van der Waals surface area (Å²) >= 11 is 0. The Balaban J connectivity index is 1.80. The first-order chi connectivity index (χ1) is 12.7. The summed E-state index contributed by atoms with van der Waals surface area (Å²) in [4.78, 5) is 16.6. The molecule has 138 valence electrons. The molecular formula is C19H25N5O2. The van der Waals surface area contributed by atoms with Gasteiger partial charge in [-0.05, 0) is 50.5 Å². The summed E-state index contributed by atoms with van der Waals surface area (Å²) in [6.45, 7) is 4.97. The van der Waals surface area contributed by atoms with Gasteiger partial charge in [-0.15, -0.1) is 0 Å². The molecule has 3 rings (SSSR count). The molecule has 0 bridgehead atoms. The van der Waals surface area contributed by atoms with E-state index in [4.69, 9.17) is 10.00 Å². The molecule has 0 saturated heterocycles. The number of hydrogen-bond donors (Lipinski definition) is 1. The summed E-state index contributed by atoms with van der Waals surface area (Å²) < 4.78 is 6.87. The minimum Gasteiger partial charge on any atom is -0.462 e. The molecule has 1 N–H and O–H groups in total. The first kappa shape index (κ1) is 18.2. The van der Waals surface area contributed by atoms with Gasteiger partial charge in [0.15, 0.2) is 5.82 Å². The maximum absolute atomic E-state index is 12.2. The highest BCUT2D eigenvalue weighted by molar-refractivity contribution is 5.95. The van der Waals surface area contributed by atoms with Crippen molar-refractivity contribution in [3.05, 3.63) is 23.7 Å². The van der Waals surface area contributed by atoms with Crippen LogP contribution in [0.25, 0.3) is 5.52 Å². The van der Waals surface area contributed by atoms with E-state index in [1.165, 1.54) is 6.33 Å². The number of anilines is 1. The van der Waals surface area contributed by atoms with Gasteiger partial charge in [0.1, 0.15) is 11.8 Å². The Hall–Kier alpha value is -2.62. The van der Waals surface area contributed by atoms with Crippen LogP contribution in [0.15, 0.2) is 12.5 Å². The summed E-state index contributed by atoms with van der Waals surface area (Å²) in [5.41, 5.74) is 2.29. The molecule has 1 saturated carbocycles. The first-order valence-electron chi connectivity index (χ1n) is 9.33. The fourth-order valence-corrected chi connectivity index (χ4v) is 3.68. The van der Waals surface area contributed by atoms with Gasteiger partial charge < -0.3 is 10.1 Å². The topological polar surface area (TPSA) is 92.3 Å². The molecule has 0 aliphatic heterocycles. The Morgan fingerprint density at radius 1 is 1.38 bits per heavy atom. The van der Waals surface area contributed by atoms with Crippen molar-refractivity contribution in [1.29, 1.82) is 5.26 Å². The SMILES string of the molecule is CCOC(=O)c1cn2ncnc(NCC3CCC(C#N)CC3)c2c1CC. The van der Waals surface area contributed by atoms with E-state index < -0.39 is 0 Å². The molecule has 0 unspecified atom stereocenters. The van der Waals surface area contributed by atoms with Crippen molar-refractivity contribution in [2.45, 2.75) is 46.0 Å². The van der Waals surface area contributed by atoms with Gasteiger partial charge in [0.05, 0.1) is 18.2 Å². The van der Waals surface area contributed by atoms with Crippen LogP contribution in [-0.2, 0) is 11.2 Å². The van der Waals surface area contributed by atoms with E-state index in [1.54, 1.807) is 17.6 Å². The lowest BCUT2D eigenvalue weighted by Gasteiger charge is -2.25. The van der Waals surface area contributed by atoms with Crippen LogP contribution in [0.1, 0.15) is 55.5 Å². The normalized spacial score (nSPS) is 19.9. The number of ether oxygens (including phenoxy) is 1. The molecule has 2 heterocycles. The Kier molecular flexibility index (Phi) is 5.71. The van der Waals surface area contributed by atoms with E-state index >= 15 is 0 Å². The monoisotopic (exact) mass is 355 g/mol. The third-order valence-corrected chi connectivity index (χ3v) is 5.12. The maximum atomic E-state index is 12.2. The molecular weight excluding hydrogens is 330 g/mol. The minimum atomic E-state index is -0.323. The smallest absolute Gasteiger partial charge is 0.340 e. The fraction of sp³-hybridized carbons (Fsp3) is 0.579. The van der Waals surface area contributed by atoms with Crippen LogP contribution in [0, 0.1) is 23.2 Å². The number of carbonyl (C=O) groups excluding carboxylic acids is 1. The van der Waals surface area contributed by atoms with Gasteiger partial charge in [-0.3, -0.25) is 0 Å². The number of nitrogens with zero attached hydrogens (tertiary/aromatic N) is 4. The molecule has 2 aromatic heterocycles. The lowest BCUT2D eigenvalue weighted by molar-refractivity contribution is 0.0525. The van der Waals surface area contributed by atoms with Gasteiger partial charge >= 0.3 is 5.97 Å². The average molecular weight is 355 g/mol. The third-order valence-electron chi connectivity index (χ3n) is 5.12. The summed E-state index contributed by atoms with van der Waals surface area (Å²) in [5, 5.41) is 16.7. The van der Waals surface area contributed by atoms with Crippen molar-refractivity contribution >= 4 is 17.3 Å². The van der Waals surface area contributed by atoms with Gasteiger partial charge in [0, 0.05) is 18.7 Å². The van der Waals surface area contributed by atoms with E-state index in [1.807, 2.05) is 6.92 Å². The molecule has 7 nitrogen and oxygen atoms in total. The largest absolute Gasteiger partial charge is 0.462 e. The number of hydrogen-bond acceptors (Lipinski definition) is 6. The second-order valence-electron chi connectivity index (χ2n) is 6.72. The molecule has 7 heteroatoms. The zero-order valence-corrected chi connectivity index (χ0v) is 15.4. The standard InChI is InChI=1S/C19H25N5O2/c1-3-15-16(19(25)26-4-2)11-24-17(15)18(22-12-23-24)21-10-14-7-5-13(9-20)6-8-14/h11-14H,3-8,10H2,1-2H3,(H,21,22,23). The molecule has 2 aromatic rings. The second kappa shape index (κ2) is 8.17. The predicted octanol–water partition coefficient (Wildman–Crippen LogP) is 3.21. The Morgan fingerprint density at radius 2 is 2.15 bits per heavy atom. The van der Waals surface area contributed by atoms with Crippen LogP contribution >= 0.6 is 0 Å². The van der Waals surface area contributed by atoms with Crippen LogP contribution in [-0.4, -0.2) is 33.7 Å². The van der Waals surface area contributed by atoms with Crippen LogP contribution < -0.4 is 5.32 Å². The molecule has 0 radical (unpaired) electrons. The number of esters is 1. The van der Waals surface area contributed by atoms with E-state index in [2.05, 4.69) is 21.5 Å². The quantitative estimate of drug-likeness (QED) is 0.800. The molecule has 0 aromatic carbocycles. The molecule has 1 aliphatic carbocycles. The Morgan fingerprint density at radius 3 is 2.81 bits per heavy atom. The van der Waals surface area contributed by atoms with Crippen molar-refractivity contribution in [3.8, 4) is 6.07 Å². The molecule has 0 spiro atoms. The van der Waals surface area contributed by atoms with Gasteiger partial charge in [0.2, 0.25) is 0 Å². The van der Waals surface area contributed by atoms with Gasteiger partial charge in [-0.2, -0.15) is 10.4 Å². The fourth-order valence-electron chi connectivity index (χ4n) is 3.68. The van der Waals surface area contributed by atoms with E-state index in [9.17, 15) is 4.79 Å². The van der Waals surface area contributed by atoms with Crippen molar-refractivity contribution < 1.29 is 9.53 Å². The van der Waals surface area contributed by atoms with E-state index in [0.717, 1.165) is 49.1 Å². The number of aryl methyl sites for hydroxylation is 1. The maximum Gasteiger partial charge on any atom is 0.340 e. The van der Waals surface area contributed by atoms with Gasteiger partial charge in [-0.25, -0.2) is 14.3 Å². The molecule has 0 atom stereocenters. The number of nitriles is 1. The third kappa shape index (κ3) is 3.64. The number of fused-ring (bicyclic) bond motifs is 1. The summed E-state index contributed by atoms with van der Waals surface area (Å²) in [5.74, 6) is 1.17. The predicted molar refractivity (Wildman–Crippen MR) is 97.9 cm³/mol. The molecule has 1 aliphatic rings. The first-order valence-corrected chi connectivity index (χ1v) is 9.33. The molecule has 0 amide bonds. The van der Waals surface area contributed by atoms with Crippen LogP contribution in [0.2, 0.25) is 0 Å². The Labute approximate surface area is 153 Å². The van der Waals surface area contributed by atoms with Crippen molar-refractivity contribution in [2.24, 2.45) is 11.8 Å². The highest BCUT2D eigenvalue weighted by atomic mass is 16.5. The van der Waals surface area contributed by atoms with Crippen molar-refractivity contribution in [3.63, 3.8) is 0 Å². The molecule has 1 fully saturated rings. The lowest BCUT2D eigenvalue weighted by atomic mass is 9.83. The lowest BCUT2D eigenvalue weighted by Crippen LogP contribution is -2.21. The number of nitrogens with one attached hydrogen (secondary N) is 1. The number of carbonyl (C=O) groups is 1. The summed E-state index contributed by atoms with van der Waals surface area (Å²) in [6.07, 6.45) is 7.97. The summed E-state index contributed by atoms with van der Waals surface area (Å²) in [7, 11) is 0. The van der Waals surface area contributed by atoms with Gasteiger partial charge in [0.25, 0.3) is 0 Å².